The van der Waals surface area contributed by atoms with Crippen LogP contribution in [0, 0.1) is 6.92 Å². The summed E-state index contributed by atoms with van der Waals surface area (Å²) >= 11 is 3.88. The molecule has 1 aliphatic rings. The van der Waals surface area contributed by atoms with Crippen LogP contribution in [-0.2, 0) is 5.54 Å². The molecular formula is C12H20N2S2. The summed E-state index contributed by atoms with van der Waals surface area (Å²) in [6.07, 6.45) is 2.42. The summed E-state index contributed by atoms with van der Waals surface area (Å²) in [4.78, 5) is 4.71. The molecule has 0 spiro atoms. The van der Waals surface area contributed by atoms with E-state index in [4.69, 9.17) is 4.98 Å². The molecule has 1 saturated heterocycles. The van der Waals surface area contributed by atoms with Crippen LogP contribution in [0.5, 0.6) is 0 Å². The van der Waals surface area contributed by atoms with Crippen LogP contribution in [0.2, 0.25) is 0 Å². The molecule has 90 valence electrons. The average molecular weight is 256 g/mol. The van der Waals surface area contributed by atoms with Gasteiger partial charge >= 0.3 is 0 Å². The van der Waals surface area contributed by atoms with Crippen molar-refractivity contribution in [1.29, 1.82) is 0 Å². The van der Waals surface area contributed by atoms with Crippen LogP contribution in [-0.4, -0.2) is 22.5 Å². The van der Waals surface area contributed by atoms with Gasteiger partial charge in [0.1, 0.15) is 5.01 Å². The first-order valence-electron chi connectivity index (χ1n) is 5.90. The Morgan fingerprint density at radius 3 is 2.56 bits per heavy atom. The van der Waals surface area contributed by atoms with Crippen LogP contribution in [0.4, 0.5) is 0 Å². The van der Waals surface area contributed by atoms with Gasteiger partial charge < -0.3 is 5.32 Å². The molecule has 1 N–H and O–H groups in total. The number of thiazole rings is 1. The molecule has 0 bridgehead atoms. The second kappa shape index (κ2) is 5.07. The quantitative estimate of drug-likeness (QED) is 0.899. The minimum absolute atomic E-state index is 0.151. The molecule has 0 saturated carbocycles. The molecule has 1 aromatic heterocycles. The van der Waals surface area contributed by atoms with Gasteiger partial charge in [0.05, 0.1) is 5.54 Å². The van der Waals surface area contributed by atoms with Gasteiger partial charge in [-0.3, -0.25) is 0 Å². The van der Waals surface area contributed by atoms with E-state index in [-0.39, 0.29) is 5.54 Å². The van der Waals surface area contributed by atoms with Crippen LogP contribution < -0.4 is 5.32 Å². The summed E-state index contributed by atoms with van der Waals surface area (Å²) < 4.78 is 0. The standard InChI is InChI=1S/C12H20N2S2/c1-9(2)14-12(4-6-15-7-5-12)11-13-10(3)8-16-11/h8-9,14H,4-7H2,1-3H3. The van der Waals surface area contributed by atoms with Gasteiger partial charge in [-0.2, -0.15) is 11.8 Å². The van der Waals surface area contributed by atoms with Crippen LogP contribution in [0.15, 0.2) is 5.38 Å². The fourth-order valence-corrected chi connectivity index (χ4v) is 4.48. The van der Waals surface area contributed by atoms with Crippen molar-refractivity contribution in [3.8, 4) is 0 Å². The molecule has 2 nitrogen and oxygen atoms in total. The van der Waals surface area contributed by atoms with Gasteiger partial charge in [0, 0.05) is 17.1 Å². The SMILES string of the molecule is Cc1csc(C2(NC(C)C)CCSCC2)n1. The van der Waals surface area contributed by atoms with Crippen LogP contribution in [0.1, 0.15) is 37.4 Å². The van der Waals surface area contributed by atoms with Gasteiger partial charge in [-0.05, 0) is 45.1 Å². The number of nitrogens with one attached hydrogen (secondary N) is 1. The maximum Gasteiger partial charge on any atom is 0.113 e. The van der Waals surface area contributed by atoms with Gasteiger partial charge in [-0.25, -0.2) is 4.98 Å². The minimum atomic E-state index is 0.151. The van der Waals surface area contributed by atoms with Crippen molar-refractivity contribution in [3.63, 3.8) is 0 Å². The fraction of sp³-hybridized carbons (Fsp3) is 0.750. The zero-order valence-electron chi connectivity index (χ0n) is 10.2. The first kappa shape index (κ1) is 12.4. The van der Waals surface area contributed by atoms with Gasteiger partial charge in [-0.1, -0.05) is 0 Å². The Balaban J connectivity index is 2.25. The Bertz CT molecular complexity index is 341. The Labute approximate surface area is 106 Å². The van der Waals surface area contributed by atoms with Crippen molar-refractivity contribution in [2.24, 2.45) is 0 Å². The molecule has 0 atom stereocenters. The van der Waals surface area contributed by atoms with Crippen molar-refractivity contribution >= 4 is 23.1 Å². The molecule has 1 aliphatic heterocycles. The topological polar surface area (TPSA) is 24.9 Å². The molecule has 4 heteroatoms. The number of hydrogen-bond acceptors (Lipinski definition) is 4. The van der Waals surface area contributed by atoms with Crippen molar-refractivity contribution < 1.29 is 0 Å². The van der Waals surface area contributed by atoms with E-state index in [2.05, 4.69) is 43.2 Å². The van der Waals surface area contributed by atoms with Crippen molar-refractivity contribution in [2.75, 3.05) is 11.5 Å². The average Bonchev–Trinajstić information content (AvgIpc) is 2.66. The number of hydrogen-bond donors (Lipinski definition) is 1. The molecule has 2 heterocycles. The highest BCUT2D eigenvalue weighted by molar-refractivity contribution is 7.99. The maximum absolute atomic E-state index is 4.71. The largest absolute Gasteiger partial charge is 0.303 e. The fourth-order valence-electron chi connectivity index (χ4n) is 2.27. The van der Waals surface area contributed by atoms with Crippen molar-refractivity contribution in [3.05, 3.63) is 16.1 Å². The van der Waals surface area contributed by atoms with Crippen molar-refractivity contribution in [2.45, 2.75) is 45.2 Å². The zero-order chi connectivity index (χ0) is 11.6. The molecule has 16 heavy (non-hydrogen) atoms. The van der Waals surface area contributed by atoms with Gasteiger partial charge in [0.15, 0.2) is 0 Å². The van der Waals surface area contributed by atoms with E-state index in [0.29, 0.717) is 6.04 Å². The predicted molar refractivity (Wildman–Crippen MR) is 73.4 cm³/mol. The lowest BCUT2D eigenvalue weighted by molar-refractivity contribution is 0.281. The van der Waals surface area contributed by atoms with E-state index in [1.807, 2.05) is 11.3 Å². The third-order valence-electron chi connectivity index (χ3n) is 2.94. The molecule has 0 aliphatic carbocycles. The Morgan fingerprint density at radius 2 is 2.06 bits per heavy atom. The smallest absolute Gasteiger partial charge is 0.113 e. The van der Waals surface area contributed by atoms with E-state index >= 15 is 0 Å². The molecule has 0 unspecified atom stereocenters. The highest BCUT2D eigenvalue weighted by Crippen LogP contribution is 2.37. The summed E-state index contributed by atoms with van der Waals surface area (Å²) in [5.41, 5.74) is 1.31. The number of aromatic nitrogens is 1. The molecule has 0 amide bonds. The molecule has 0 aromatic carbocycles. The highest BCUT2D eigenvalue weighted by Gasteiger charge is 2.36. The summed E-state index contributed by atoms with van der Waals surface area (Å²) in [5.74, 6) is 2.50. The minimum Gasteiger partial charge on any atom is -0.303 e. The van der Waals surface area contributed by atoms with Crippen LogP contribution in [0.3, 0.4) is 0 Å². The zero-order valence-corrected chi connectivity index (χ0v) is 11.9. The summed E-state index contributed by atoms with van der Waals surface area (Å²) in [5, 5.41) is 7.22. The summed E-state index contributed by atoms with van der Waals surface area (Å²) in [7, 11) is 0. The maximum atomic E-state index is 4.71. The normalized spacial score (nSPS) is 20.2. The molecule has 1 fully saturated rings. The van der Waals surface area contributed by atoms with E-state index < -0.39 is 0 Å². The summed E-state index contributed by atoms with van der Waals surface area (Å²) in [6, 6.07) is 0.521. The van der Waals surface area contributed by atoms with E-state index in [1.54, 1.807) is 0 Å². The number of aryl methyl sites for hydroxylation is 1. The number of nitrogens with zero attached hydrogens (tertiary/aromatic N) is 1. The van der Waals surface area contributed by atoms with Crippen LogP contribution in [0.25, 0.3) is 0 Å². The number of thioether (sulfide) groups is 1. The highest BCUT2D eigenvalue weighted by atomic mass is 32.2. The van der Waals surface area contributed by atoms with E-state index in [1.165, 1.54) is 29.4 Å². The first-order valence-corrected chi connectivity index (χ1v) is 7.94. The Morgan fingerprint density at radius 1 is 1.38 bits per heavy atom. The third kappa shape index (κ3) is 2.60. The lowest BCUT2D eigenvalue weighted by atomic mass is 9.92. The van der Waals surface area contributed by atoms with Crippen molar-refractivity contribution in [1.82, 2.24) is 10.3 Å². The van der Waals surface area contributed by atoms with Gasteiger partial charge in [0.2, 0.25) is 0 Å². The monoisotopic (exact) mass is 256 g/mol. The van der Waals surface area contributed by atoms with Gasteiger partial charge in [-0.15, -0.1) is 11.3 Å². The molecule has 0 radical (unpaired) electrons. The summed E-state index contributed by atoms with van der Waals surface area (Å²) in [6.45, 7) is 6.54. The van der Waals surface area contributed by atoms with E-state index in [9.17, 15) is 0 Å². The van der Waals surface area contributed by atoms with Crippen LogP contribution >= 0.6 is 23.1 Å². The second-order valence-corrected chi connectivity index (χ2v) is 6.87. The number of rotatable bonds is 3. The molecule has 2 rings (SSSR count). The lowest BCUT2D eigenvalue weighted by Crippen LogP contribution is -2.48. The predicted octanol–water partition coefficient (Wildman–Crippen LogP) is 3.17. The second-order valence-electron chi connectivity index (χ2n) is 4.79. The molecular weight excluding hydrogens is 236 g/mol. The molecule has 1 aromatic rings. The van der Waals surface area contributed by atoms with E-state index in [0.717, 1.165) is 5.69 Å². The third-order valence-corrected chi connectivity index (χ3v) is 5.09. The lowest BCUT2D eigenvalue weighted by Gasteiger charge is -2.38. The first-order chi connectivity index (χ1) is 7.62. The Hall–Kier alpha value is -0.0600. The van der Waals surface area contributed by atoms with Gasteiger partial charge in [0.25, 0.3) is 0 Å². The Kier molecular flexibility index (Phi) is 3.93.